The fourth-order valence-corrected chi connectivity index (χ4v) is 4.11. The van der Waals surface area contributed by atoms with Crippen LogP contribution in [0.5, 0.6) is 0 Å². The Labute approximate surface area is 187 Å². The summed E-state index contributed by atoms with van der Waals surface area (Å²) in [5, 5.41) is 5.88. The normalized spacial score (nSPS) is 16.1. The van der Waals surface area contributed by atoms with Crippen molar-refractivity contribution in [3.8, 4) is 0 Å². The van der Waals surface area contributed by atoms with E-state index in [4.69, 9.17) is 9.72 Å². The summed E-state index contributed by atoms with van der Waals surface area (Å²) in [7, 11) is 0. The van der Waals surface area contributed by atoms with Gasteiger partial charge in [0, 0.05) is 35.9 Å². The van der Waals surface area contributed by atoms with Crippen molar-refractivity contribution >= 4 is 39.2 Å². The Kier molecular flexibility index (Phi) is 5.53. The van der Waals surface area contributed by atoms with E-state index in [1.807, 2.05) is 24.3 Å². The number of carbonyl (C=O) groups is 2. The average Bonchev–Trinajstić information content (AvgIpc) is 3.36. The van der Waals surface area contributed by atoms with E-state index in [9.17, 15) is 9.59 Å². The molecule has 4 heterocycles. The number of morpholine rings is 1. The molecule has 9 nitrogen and oxygen atoms in total. The maximum atomic E-state index is 13.0. The number of ether oxygens (including phenoxy) is 1. The van der Waals surface area contributed by atoms with Gasteiger partial charge in [0.25, 0.3) is 11.8 Å². The number of pyridine rings is 1. The van der Waals surface area contributed by atoms with E-state index in [0.717, 1.165) is 5.39 Å². The minimum atomic E-state index is -0.472. The summed E-state index contributed by atoms with van der Waals surface area (Å²) in [6.45, 7) is 1.09. The van der Waals surface area contributed by atoms with Gasteiger partial charge >= 0.3 is 0 Å². The highest BCUT2D eigenvalue weighted by Crippen LogP contribution is 2.27. The number of hydrogen-bond donors (Lipinski definition) is 1. The van der Waals surface area contributed by atoms with Crippen molar-refractivity contribution in [1.29, 1.82) is 0 Å². The van der Waals surface area contributed by atoms with Crippen LogP contribution >= 0.6 is 11.3 Å². The largest absolute Gasteiger partial charge is 0.368 e. The molecule has 5 rings (SSSR count). The third-order valence-electron chi connectivity index (χ3n) is 5.10. The number of aromatic nitrogens is 4. The van der Waals surface area contributed by atoms with E-state index < -0.39 is 6.10 Å². The first-order valence-electron chi connectivity index (χ1n) is 9.96. The first-order valence-corrected chi connectivity index (χ1v) is 10.8. The molecule has 1 N–H and O–H groups in total. The molecule has 1 fully saturated rings. The molecule has 0 spiro atoms. The summed E-state index contributed by atoms with van der Waals surface area (Å²) >= 11 is 1.35. The summed E-state index contributed by atoms with van der Waals surface area (Å²) < 4.78 is 5.94. The number of hydrogen-bond acceptors (Lipinski definition) is 8. The molecule has 0 radical (unpaired) electrons. The minimum Gasteiger partial charge on any atom is -0.368 e. The molecule has 1 unspecified atom stereocenters. The van der Waals surface area contributed by atoms with E-state index in [1.54, 1.807) is 22.5 Å². The van der Waals surface area contributed by atoms with Gasteiger partial charge in [0.05, 0.1) is 36.1 Å². The van der Waals surface area contributed by atoms with Crippen molar-refractivity contribution in [1.82, 2.24) is 24.8 Å². The predicted octanol–water partition coefficient (Wildman–Crippen LogP) is 2.95. The van der Waals surface area contributed by atoms with Crippen molar-refractivity contribution in [3.05, 3.63) is 77.5 Å². The highest BCUT2D eigenvalue weighted by atomic mass is 32.1. The molecule has 1 aliphatic rings. The molecule has 3 aromatic heterocycles. The zero-order valence-corrected chi connectivity index (χ0v) is 17.7. The average molecular weight is 446 g/mol. The minimum absolute atomic E-state index is 0.214. The zero-order chi connectivity index (χ0) is 21.9. The van der Waals surface area contributed by atoms with Gasteiger partial charge in [-0.1, -0.05) is 18.2 Å². The third-order valence-corrected chi connectivity index (χ3v) is 5.79. The number of fused-ring (bicyclic) bond motifs is 1. The molecule has 0 bridgehead atoms. The second kappa shape index (κ2) is 8.77. The molecule has 4 aromatic rings. The van der Waals surface area contributed by atoms with Crippen LogP contribution in [0.25, 0.3) is 10.9 Å². The topological polar surface area (TPSA) is 110 Å². The van der Waals surface area contributed by atoms with E-state index in [1.165, 1.54) is 29.9 Å². The van der Waals surface area contributed by atoms with Crippen molar-refractivity contribution < 1.29 is 14.3 Å². The van der Waals surface area contributed by atoms with Gasteiger partial charge in [0.15, 0.2) is 5.13 Å². The van der Waals surface area contributed by atoms with Crippen LogP contribution in [-0.4, -0.2) is 56.3 Å². The lowest BCUT2D eigenvalue weighted by atomic mass is 10.0. The number of carbonyl (C=O) groups excluding carboxylic acids is 2. The number of amides is 2. The highest BCUT2D eigenvalue weighted by Gasteiger charge is 2.29. The molecule has 0 saturated carbocycles. The van der Waals surface area contributed by atoms with Crippen molar-refractivity contribution in [2.45, 2.75) is 6.10 Å². The van der Waals surface area contributed by atoms with Crippen LogP contribution < -0.4 is 5.32 Å². The number of benzene rings is 1. The van der Waals surface area contributed by atoms with E-state index in [-0.39, 0.29) is 17.5 Å². The van der Waals surface area contributed by atoms with Crippen molar-refractivity contribution in [3.63, 3.8) is 0 Å². The van der Waals surface area contributed by atoms with Gasteiger partial charge in [0.2, 0.25) is 0 Å². The Morgan fingerprint density at radius 2 is 2.06 bits per heavy atom. The first-order chi connectivity index (χ1) is 15.7. The van der Waals surface area contributed by atoms with Crippen LogP contribution in [0.1, 0.15) is 32.6 Å². The zero-order valence-electron chi connectivity index (χ0n) is 16.8. The first kappa shape index (κ1) is 20.2. The molecule has 160 valence electrons. The van der Waals surface area contributed by atoms with Crippen molar-refractivity contribution in [2.75, 3.05) is 25.0 Å². The summed E-state index contributed by atoms with van der Waals surface area (Å²) in [4.78, 5) is 44.4. The van der Waals surface area contributed by atoms with Crippen LogP contribution in [0.2, 0.25) is 0 Å². The second-order valence-electron chi connectivity index (χ2n) is 7.10. The summed E-state index contributed by atoms with van der Waals surface area (Å²) in [6.07, 6.45) is 5.62. The fraction of sp³-hybridized carbons (Fsp3) is 0.182. The predicted molar refractivity (Wildman–Crippen MR) is 118 cm³/mol. The lowest BCUT2D eigenvalue weighted by molar-refractivity contribution is -0.0248. The summed E-state index contributed by atoms with van der Waals surface area (Å²) in [6, 6.07) is 9.17. The maximum absolute atomic E-state index is 13.0. The quantitative estimate of drug-likeness (QED) is 0.513. The number of para-hydroxylation sites is 1. The Hall–Kier alpha value is -3.76. The van der Waals surface area contributed by atoms with Gasteiger partial charge in [-0.3, -0.25) is 19.9 Å². The number of thiazole rings is 1. The Morgan fingerprint density at radius 1 is 1.16 bits per heavy atom. The van der Waals surface area contributed by atoms with Gasteiger partial charge < -0.3 is 9.64 Å². The smallest absolute Gasteiger partial charge is 0.274 e. The molecule has 1 aromatic carbocycles. The standard InChI is InChI=1S/C22H18N6O3S/c29-20(27-22-25-7-10-32-22)15-11-17(26-16-4-2-1-3-14(15)16)19-13-28(8-9-31-19)21(30)18-12-23-5-6-24-18/h1-7,10-12,19H,8-9,13H2,(H,25,27,29). The van der Waals surface area contributed by atoms with Gasteiger partial charge in [-0.15, -0.1) is 11.3 Å². The molecule has 10 heteroatoms. The SMILES string of the molecule is O=C(Nc1nccs1)c1cc(C2CN(C(=O)c3cnccn3)CCO2)nc2ccccc12. The lowest BCUT2D eigenvalue weighted by Gasteiger charge is -2.32. The fourth-order valence-electron chi connectivity index (χ4n) is 3.58. The Balaban J connectivity index is 1.46. The molecule has 32 heavy (non-hydrogen) atoms. The monoisotopic (exact) mass is 446 g/mol. The molecule has 0 aliphatic carbocycles. The maximum Gasteiger partial charge on any atom is 0.274 e. The summed E-state index contributed by atoms with van der Waals surface area (Å²) in [5.74, 6) is -0.489. The molecule has 1 atom stereocenters. The number of nitrogens with zero attached hydrogens (tertiary/aromatic N) is 5. The van der Waals surface area contributed by atoms with Gasteiger partial charge in [-0.25, -0.2) is 15.0 Å². The van der Waals surface area contributed by atoms with Crippen LogP contribution in [0, 0.1) is 0 Å². The Bertz CT molecular complexity index is 1270. The highest BCUT2D eigenvalue weighted by molar-refractivity contribution is 7.13. The number of anilines is 1. The van der Waals surface area contributed by atoms with Gasteiger partial charge in [-0.2, -0.15) is 0 Å². The lowest BCUT2D eigenvalue weighted by Crippen LogP contribution is -2.42. The molecule has 1 saturated heterocycles. The molecular formula is C22H18N6O3S. The van der Waals surface area contributed by atoms with Gasteiger partial charge in [0.1, 0.15) is 11.8 Å². The molecule has 1 aliphatic heterocycles. The van der Waals surface area contributed by atoms with Crippen molar-refractivity contribution in [2.24, 2.45) is 0 Å². The van der Waals surface area contributed by atoms with Gasteiger partial charge in [-0.05, 0) is 12.1 Å². The molecule has 2 amide bonds. The number of nitrogens with one attached hydrogen (secondary N) is 1. The van der Waals surface area contributed by atoms with E-state index in [0.29, 0.717) is 41.6 Å². The van der Waals surface area contributed by atoms with E-state index in [2.05, 4.69) is 20.3 Å². The third kappa shape index (κ3) is 4.05. The van der Waals surface area contributed by atoms with Crippen LogP contribution in [0.15, 0.2) is 60.5 Å². The summed E-state index contributed by atoms with van der Waals surface area (Å²) in [5.41, 5.74) is 2.02. The van der Waals surface area contributed by atoms with E-state index >= 15 is 0 Å². The van der Waals surface area contributed by atoms with Crippen LogP contribution in [0.3, 0.4) is 0 Å². The number of rotatable bonds is 4. The second-order valence-corrected chi connectivity index (χ2v) is 8.00. The Morgan fingerprint density at radius 3 is 2.88 bits per heavy atom. The van der Waals surface area contributed by atoms with Crippen LogP contribution in [-0.2, 0) is 4.74 Å². The molecular weight excluding hydrogens is 428 g/mol. The van der Waals surface area contributed by atoms with Crippen LogP contribution in [0.4, 0.5) is 5.13 Å².